The van der Waals surface area contributed by atoms with E-state index in [0.29, 0.717) is 6.42 Å². The Morgan fingerprint density at radius 2 is 2.12 bits per heavy atom. The highest BCUT2D eigenvalue weighted by molar-refractivity contribution is 5.85. The first-order valence-corrected chi connectivity index (χ1v) is 5.58. The molecule has 4 heteroatoms. The topological polar surface area (TPSA) is 26.3 Å². The van der Waals surface area contributed by atoms with Gasteiger partial charge in [-0.3, -0.25) is 4.79 Å². The first kappa shape index (κ1) is 13.8. The molecule has 0 aliphatic rings. The van der Waals surface area contributed by atoms with Gasteiger partial charge in [0.15, 0.2) is 5.78 Å². The summed E-state index contributed by atoms with van der Waals surface area (Å²) >= 11 is 0. The van der Waals surface area contributed by atoms with E-state index in [9.17, 15) is 13.6 Å². The molecule has 0 aliphatic heterocycles. The van der Waals surface area contributed by atoms with Crippen molar-refractivity contribution < 1.29 is 18.3 Å². The lowest BCUT2D eigenvalue weighted by molar-refractivity contribution is -0.128. The van der Waals surface area contributed by atoms with E-state index in [4.69, 9.17) is 4.74 Å². The SMILES string of the molecule is CCCC(OC)C(=O)Cc1ccc(F)cc1F. The molecule has 1 aromatic rings. The third-order valence-electron chi connectivity index (χ3n) is 2.57. The standard InChI is InChI=1S/C13H16F2O2/c1-3-4-13(17-2)12(16)7-9-5-6-10(14)8-11(9)15/h5-6,8,13H,3-4,7H2,1-2H3. The lowest BCUT2D eigenvalue weighted by atomic mass is 10.0. The van der Waals surface area contributed by atoms with E-state index >= 15 is 0 Å². The number of carbonyl (C=O) groups excluding carboxylic acids is 1. The fraction of sp³-hybridized carbons (Fsp3) is 0.462. The molecule has 0 radical (unpaired) electrons. The third-order valence-corrected chi connectivity index (χ3v) is 2.57. The van der Waals surface area contributed by atoms with Crippen LogP contribution >= 0.6 is 0 Å². The Labute approximate surface area is 99.6 Å². The number of hydrogen-bond donors (Lipinski definition) is 0. The summed E-state index contributed by atoms with van der Waals surface area (Å²) in [5, 5.41) is 0. The second-order valence-electron chi connectivity index (χ2n) is 3.89. The van der Waals surface area contributed by atoms with Crippen LogP contribution < -0.4 is 0 Å². The minimum absolute atomic E-state index is 0.0649. The van der Waals surface area contributed by atoms with Gasteiger partial charge in [-0.1, -0.05) is 19.4 Å². The summed E-state index contributed by atoms with van der Waals surface area (Å²) in [4.78, 5) is 11.8. The Kier molecular flexibility index (Phi) is 5.22. The highest BCUT2D eigenvalue weighted by Crippen LogP contribution is 2.13. The molecule has 1 atom stereocenters. The summed E-state index contributed by atoms with van der Waals surface area (Å²) in [5.74, 6) is -1.51. The molecule has 1 unspecified atom stereocenters. The van der Waals surface area contributed by atoms with Gasteiger partial charge in [0.05, 0.1) is 0 Å². The number of halogens is 2. The monoisotopic (exact) mass is 242 g/mol. The van der Waals surface area contributed by atoms with Crippen molar-refractivity contribution >= 4 is 5.78 Å². The van der Waals surface area contributed by atoms with E-state index in [0.717, 1.165) is 18.6 Å². The molecule has 1 rings (SSSR count). The van der Waals surface area contributed by atoms with Crippen LogP contribution in [0.15, 0.2) is 18.2 Å². The van der Waals surface area contributed by atoms with Crippen LogP contribution in [0.2, 0.25) is 0 Å². The Hall–Kier alpha value is -1.29. The molecule has 0 bridgehead atoms. The van der Waals surface area contributed by atoms with Crippen molar-refractivity contribution in [3.63, 3.8) is 0 Å². The Balaban J connectivity index is 2.73. The van der Waals surface area contributed by atoms with Crippen LogP contribution in [0.5, 0.6) is 0 Å². The van der Waals surface area contributed by atoms with Gasteiger partial charge in [0.25, 0.3) is 0 Å². The molecule has 1 aromatic carbocycles. The van der Waals surface area contributed by atoms with Crippen molar-refractivity contribution in [2.24, 2.45) is 0 Å². The van der Waals surface area contributed by atoms with Crippen molar-refractivity contribution in [3.8, 4) is 0 Å². The fourth-order valence-electron chi connectivity index (χ4n) is 1.64. The minimum atomic E-state index is -0.690. The summed E-state index contributed by atoms with van der Waals surface area (Å²) in [7, 11) is 1.46. The van der Waals surface area contributed by atoms with E-state index in [1.165, 1.54) is 13.2 Å². The highest BCUT2D eigenvalue weighted by atomic mass is 19.1. The zero-order valence-electron chi connectivity index (χ0n) is 10.0. The number of hydrogen-bond acceptors (Lipinski definition) is 2. The average Bonchev–Trinajstić information content (AvgIpc) is 2.29. The largest absolute Gasteiger partial charge is 0.374 e. The predicted octanol–water partition coefficient (Wildman–Crippen LogP) is 2.89. The number of benzene rings is 1. The fourth-order valence-corrected chi connectivity index (χ4v) is 1.64. The van der Waals surface area contributed by atoms with Gasteiger partial charge in [0.2, 0.25) is 0 Å². The van der Waals surface area contributed by atoms with Crippen LogP contribution in [0.4, 0.5) is 8.78 Å². The van der Waals surface area contributed by atoms with Crippen LogP contribution in [-0.4, -0.2) is 19.0 Å². The summed E-state index contributed by atoms with van der Waals surface area (Å²) < 4.78 is 31.1. The molecular formula is C13H16F2O2. The van der Waals surface area contributed by atoms with E-state index in [2.05, 4.69) is 0 Å². The van der Waals surface area contributed by atoms with Crippen LogP contribution in [0.1, 0.15) is 25.3 Å². The van der Waals surface area contributed by atoms with Crippen molar-refractivity contribution in [2.75, 3.05) is 7.11 Å². The second-order valence-corrected chi connectivity index (χ2v) is 3.89. The molecule has 0 spiro atoms. The van der Waals surface area contributed by atoms with Crippen LogP contribution in [0, 0.1) is 11.6 Å². The lowest BCUT2D eigenvalue weighted by Gasteiger charge is -2.13. The number of Topliss-reactive ketones (excluding diaryl/α,β-unsaturated/α-hetero) is 1. The molecular weight excluding hydrogens is 226 g/mol. The molecule has 0 saturated heterocycles. The summed E-state index contributed by atoms with van der Waals surface area (Å²) in [5.41, 5.74) is 0.203. The maximum atomic E-state index is 13.3. The maximum Gasteiger partial charge on any atom is 0.165 e. The third kappa shape index (κ3) is 3.89. The summed E-state index contributed by atoms with van der Waals surface area (Å²) in [6.45, 7) is 1.94. The Morgan fingerprint density at radius 3 is 2.65 bits per heavy atom. The smallest absolute Gasteiger partial charge is 0.165 e. The predicted molar refractivity (Wildman–Crippen MR) is 60.8 cm³/mol. The summed E-state index contributed by atoms with van der Waals surface area (Å²) in [6.07, 6.45) is 0.850. The zero-order valence-corrected chi connectivity index (χ0v) is 10.0. The number of rotatable bonds is 6. The van der Waals surface area contributed by atoms with Gasteiger partial charge < -0.3 is 4.74 Å². The Bertz CT molecular complexity index is 391. The quantitative estimate of drug-likeness (QED) is 0.766. The highest BCUT2D eigenvalue weighted by Gasteiger charge is 2.18. The zero-order chi connectivity index (χ0) is 12.8. The van der Waals surface area contributed by atoms with Crippen molar-refractivity contribution in [2.45, 2.75) is 32.3 Å². The van der Waals surface area contributed by atoms with Crippen molar-refractivity contribution in [1.29, 1.82) is 0 Å². The van der Waals surface area contributed by atoms with E-state index in [-0.39, 0.29) is 17.8 Å². The van der Waals surface area contributed by atoms with E-state index < -0.39 is 17.7 Å². The van der Waals surface area contributed by atoms with Gasteiger partial charge in [0, 0.05) is 19.6 Å². The van der Waals surface area contributed by atoms with E-state index in [1.807, 2.05) is 6.92 Å². The molecule has 2 nitrogen and oxygen atoms in total. The molecule has 0 aliphatic carbocycles. The number of ketones is 1. The molecule has 0 aromatic heterocycles. The number of methoxy groups -OCH3 is 1. The van der Waals surface area contributed by atoms with Crippen LogP contribution in [-0.2, 0) is 16.0 Å². The van der Waals surface area contributed by atoms with Crippen molar-refractivity contribution in [3.05, 3.63) is 35.4 Å². The molecule has 0 saturated carbocycles. The number of carbonyl (C=O) groups is 1. The maximum absolute atomic E-state index is 13.3. The lowest BCUT2D eigenvalue weighted by Crippen LogP contribution is -2.24. The minimum Gasteiger partial charge on any atom is -0.374 e. The summed E-state index contributed by atoms with van der Waals surface area (Å²) in [6, 6.07) is 3.22. The van der Waals surface area contributed by atoms with Gasteiger partial charge in [-0.15, -0.1) is 0 Å². The van der Waals surface area contributed by atoms with Gasteiger partial charge in [-0.25, -0.2) is 8.78 Å². The first-order chi connectivity index (χ1) is 8.08. The van der Waals surface area contributed by atoms with Gasteiger partial charge in [0.1, 0.15) is 17.7 Å². The normalized spacial score (nSPS) is 12.5. The van der Waals surface area contributed by atoms with Crippen molar-refractivity contribution in [1.82, 2.24) is 0 Å². The molecule has 0 N–H and O–H groups in total. The number of ether oxygens (including phenoxy) is 1. The van der Waals surface area contributed by atoms with E-state index in [1.54, 1.807) is 0 Å². The van der Waals surface area contributed by atoms with Gasteiger partial charge in [-0.05, 0) is 18.1 Å². The molecule has 0 fully saturated rings. The molecule has 0 heterocycles. The second kappa shape index (κ2) is 6.45. The average molecular weight is 242 g/mol. The van der Waals surface area contributed by atoms with Crippen LogP contribution in [0.3, 0.4) is 0 Å². The Morgan fingerprint density at radius 1 is 1.41 bits per heavy atom. The van der Waals surface area contributed by atoms with Gasteiger partial charge >= 0.3 is 0 Å². The molecule has 94 valence electrons. The molecule has 0 amide bonds. The molecule has 17 heavy (non-hydrogen) atoms. The van der Waals surface area contributed by atoms with Gasteiger partial charge in [-0.2, -0.15) is 0 Å². The first-order valence-electron chi connectivity index (χ1n) is 5.58. The van der Waals surface area contributed by atoms with Crippen LogP contribution in [0.25, 0.3) is 0 Å².